The van der Waals surface area contributed by atoms with Crippen LogP contribution in [0.1, 0.15) is 43.0 Å². The molecule has 7 nitrogen and oxygen atoms in total. The molecule has 11 heteroatoms. The highest BCUT2D eigenvalue weighted by molar-refractivity contribution is 7.92. The summed E-state index contributed by atoms with van der Waals surface area (Å²) in [6.45, 7) is 1.34. The van der Waals surface area contributed by atoms with Crippen LogP contribution in [0.25, 0.3) is 0 Å². The molecule has 0 spiro atoms. The Kier molecular flexibility index (Phi) is 6.73. The summed E-state index contributed by atoms with van der Waals surface area (Å²) in [6.07, 6.45) is -1.82. The van der Waals surface area contributed by atoms with Crippen LogP contribution < -0.4 is 5.32 Å². The number of rotatable bonds is 6. The molecule has 2 aliphatic rings. The van der Waals surface area contributed by atoms with E-state index in [0.29, 0.717) is 12.8 Å². The predicted octanol–water partition coefficient (Wildman–Crippen LogP) is 2.79. The molecular weight excluding hydrogens is 487 g/mol. The molecule has 4 N–H and O–H groups in total. The van der Waals surface area contributed by atoms with Crippen LogP contribution in [0.2, 0.25) is 0 Å². The number of carbonyl (C=O) groups is 1. The molecule has 4 atom stereocenters. The Labute approximate surface area is 200 Å². The molecule has 190 valence electrons. The van der Waals surface area contributed by atoms with Gasteiger partial charge in [0.2, 0.25) is 0 Å². The molecule has 2 aromatic carbocycles. The minimum absolute atomic E-state index is 0.0379. The summed E-state index contributed by atoms with van der Waals surface area (Å²) >= 11 is 0. The SMILES string of the molecule is C[C@H](O)[C@@H](O)C1(O)C2CCC1CC(S(=O)(=O)c1cc(C(=O)Nc3ccc(F)c(F)c3)ccc1F)C2. The van der Waals surface area contributed by atoms with Gasteiger partial charge in [-0.05, 0) is 74.8 Å². The normalized spacial score (nSPS) is 27.9. The standard InChI is InChI=1S/C24H26F3NO6S/c1-12(29)22(30)24(32)14-3-4-15(24)10-17(9-14)35(33,34)21-8-13(2-6-19(21)26)23(31)28-16-5-7-18(25)20(27)11-16/h2,5-8,11-12,14-15,17,22,29-30,32H,3-4,9-10H2,1H3,(H,28,31)/t12-,14?,15?,17?,22+,24?/m0/s1. The molecule has 0 aromatic heterocycles. The van der Waals surface area contributed by atoms with Gasteiger partial charge < -0.3 is 20.6 Å². The number of sulfone groups is 1. The summed E-state index contributed by atoms with van der Waals surface area (Å²) in [5, 5.41) is 32.6. The first-order valence-corrected chi connectivity index (χ1v) is 12.8. The molecule has 2 aromatic rings. The molecule has 35 heavy (non-hydrogen) atoms. The number of benzene rings is 2. The summed E-state index contributed by atoms with van der Waals surface area (Å²) in [5.41, 5.74) is -1.90. The van der Waals surface area contributed by atoms with Crippen molar-refractivity contribution in [3.63, 3.8) is 0 Å². The molecule has 1 amide bonds. The zero-order valence-corrected chi connectivity index (χ0v) is 19.6. The Morgan fingerprint density at radius 2 is 1.60 bits per heavy atom. The van der Waals surface area contributed by atoms with Gasteiger partial charge in [-0.15, -0.1) is 0 Å². The lowest BCUT2D eigenvalue weighted by Gasteiger charge is -2.46. The lowest BCUT2D eigenvalue weighted by molar-refractivity contribution is -0.172. The van der Waals surface area contributed by atoms with Gasteiger partial charge in [-0.3, -0.25) is 4.79 Å². The Hall–Kier alpha value is -2.47. The Balaban J connectivity index is 1.59. The van der Waals surface area contributed by atoms with Crippen LogP contribution in [0.4, 0.5) is 18.9 Å². The van der Waals surface area contributed by atoms with E-state index in [2.05, 4.69) is 5.32 Å². The molecule has 0 aliphatic heterocycles. The van der Waals surface area contributed by atoms with Crippen molar-refractivity contribution in [3.05, 3.63) is 59.4 Å². The van der Waals surface area contributed by atoms with Gasteiger partial charge >= 0.3 is 0 Å². The summed E-state index contributed by atoms with van der Waals surface area (Å²) in [5.74, 6) is -5.38. The monoisotopic (exact) mass is 513 g/mol. The third kappa shape index (κ3) is 4.46. The van der Waals surface area contributed by atoms with Crippen molar-refractivity contribution in [3.8, 4) is 0 Å². The van der Waals surface area contributed by atoms with Gasteiger partial charge in [-0.1, -0.05) is 0 Å². The fraction of sp³-hybridized carbons (Fsp3) is 0.458. The molecule has 0 heterocycles. The topological polar surface area (TPSA) is 124 Å². The van der Waals surface area contributed by atoms with Crippen LogP contribution >= 0.6 is 0 Å². The maximum absolute atomic E-state index is 14.7. The second-order valence-electron chi connectivity index (χ2n) is 9.41. The molecule has 2 saturated carbocycles. The first kappa shape index (κ1) is 25.6. The van der Waals surface area contributed by atoms with Crippen LogP contribution in [0.5, 0.6) is 0 Å². The fourth-order valence-corrected chi connectivity index (χ4v) is 7.45. The van der Waals surface area contributed by atoms with Crippen LogP contribution in [0, 0.1) is 29.3 Å². The second-order valence-corrected chi connectivity index (χ2v) is 11.6. The summed E-state index contributed by atoms with van der Waals surface area (Å²) in [6, 6.07) is 5.52. The number of carbonyl (C=O) groups excluding carboxylic acids is 1. The third-order valence-corrected chi connectivity index (χ3v) is 9.50. The fourth-order valence-electron chi connectivity index (χ4n) is 5.48. The summed E-state index contributed by atoms with van der Waals surface area (Å²) < 4.78 is 68.0. The van der Waals surface area contributed by atoms with E-state index in [4.69, 9.17) is 0 Å². The van der Waals surface area contributed by atoms with Gasteiger partial charge in [-0.25, -0.2) is 21.6 Å². The van der Waals surface area contributed by atoms with Crippen molar-refractivity contribution in [2.24, 2.45) is 11.8 Å². The number of hydrogen-bond donors (Lipinski definition) is 4. The highest BCUT2D eigenvalue weighted by atomic mass is 32.2. The first-order chi connectivity index (χ1) is 16.4. The quantitative estimate of drug-likeness (QED) is 0.471. The number of halogens is 3. The van der Waals surface area contributed by atoms with E-state index in [-0.39, 0.29) is 24.1 Å². The zero-order valence-electron chi connectivity index (χ0n) is 18.8. The van der Waals surface area contributed by atoms with Crippen molar-refractivity contribution in [2.75, 3.05) is 5.32 Å². The summed E-state index contributed by atoms with van der Waals surface area (Å²) in [7, 11) is -4.28. The van der Waals surface area contributed by atoms with Gasteiger partial charge in [0, 0.05) is 17.3 Å². The first-order valence-electron chi connectivity index (χ1n) is 11.2. The van der Waals surface area contributed by atoms with Gasteiger partial charge in [0.15, 0.2) is 21.5 Å². The van der Waals surface area contributed by atoms with E-state index in [1.54, 1.807) is 0 Å². The van der Waals surface area contributed by atoms with Crippen molar-refractivity contribution in [1.29, 1.82) is 0 Å². The average molecular weight is 514 g/mol. The molecule has 4 rings (SSSR count). The van der Waals surface area contributed by atoms with Gasteiger partial charge in [-0.2, -0.15) is 0 Å². The van der Waals surface area contributed by atoms with E-state index >= 15 is 0 Å². The molecule has 2 bridgehead atoms. The van der Waals surface area contributed by atoms with Crippen molar-refractivity contribution < 1.29 is 41.7 Å². The zero-order chi connectivity index (χ0) is 25.7. The summed E-state index contributed by atoms with van der Waals surface area (Å²) in [4.78, 5) is 11.9. The number of anilines is 1. The van der Waals surface area contributed by atoms with Crippen molar-refractivity contribution in [1.82, 2.24) is 0 Å². The maximum Gasteiger partial charge on any atom is 0.255 e. The van der Waals surface area contributed by atoms with Crippen LogP contribution in [0.3, 0.4) is 0 Å². The van der Waals surface area contributed by atoms with E-state index in [0.717, 1.165) is 36.4 Å². The third-order valence-electron chi connectivity index (χ3n) is 7.31. The van der Waals surface area contributed by atoms with Crippen molar-refractivity contribution in [2.45, 2.75) is 60.6 Å². The Morgan fingerprint density at radius 1 is 1.00 bits per heavy atom. The minimum atomic E-state index is -4.28. The van der Waals surface area contributed by atoms with Crippen LogP contribution in [0.15, 0.2) is 41.3 Å². The lowest BCUT2D eigenvalue weighted by atomic mass is 9.70. The van der Waals surface area contributed by atoms with Crippen LogP contribution in [-0.2, 0) is 9.84 Å². The van der Waals surface area contributed by atoms with E-state index < -0.39 is 73.0 Å². The van der Waals surface area contributed by atoms with E-state index in [1.165, 1.54) is 6.92 Å². The minimum Gasteiger partial charge on any atom is -0.391 e. The Morgan fingerprint density at radius 3 is 2.17 bits per heavy atom. The number of nitrogens with one attached hydrogen (secondary N) is 1. The number of fused-ring (bicyclic) bond motifs is 2. The molecule has 2 unspecified atom stereocenters. The van der Waals surface area contributed by atoms with Gasteiger partial charge in [0.25, 0.3) is 5.91 Å². The average Bonchev–Trinajstić information content (AvgIpc) is 2.97. The number of aliphatic hydroxyl groups excluding tert-OH is 2. The molecule has 0 radical (unpaired) electrons. The molecule has 0 saturated heterocycles. The smallest absolute Gasteiger partial charge is 0.255 e. The van der Waals surface area contributed by atoms with E-state index in [9.17, 15) is 41.7 Å². The number of hydrogen-bond acceptors (Lipinski definition) is 6. The lowest BCUT2D eigenvalue weighted by Crippen LogP contribution is -2.58. The molecule has 2 aliphatic carbocycles. The predicted molar refractivity (Wildman–Crippen MR) is 120 cm³/mol. The molecule has 2 fully saturated rings. The largest absolute Gasteiger partial charge is 0.391 e. The highest BCUT2D eigenvalue weighted by Crippen LogP contribution is 2.53. The van der Waals surface area contributed by atoms with Crippen molar-refractivity contribution >= 4 is 21.4 Å². The molecular formula is C24H26F3NO6S. The van der Waals surface area contributed by atoms with Crippen LogP contribution in [-0.4, -0.2) is 52.7 Å². The number of aliphatic hydroxyl groups is 3. The second kappa shape index (κ2) is 9.20. The van der Waals surface area contributed by atoms with E-state index in [1.807, 2.05) is 0 Å². The number of amides is 1. The maximum atomic E-state index is 14.7. The Bertz CT molecular complexity index is 1240. The van der Waals surface area contributed by atoms with Gasteiger partial charge in [0.1, 0.15) is 16.8 Å². The van der Waals surface area contributed by atoms with Gasteiger partial charge in [0.05, 0.1) is 17.0 Å². The highest BCUT2D eigenvalue weighted by Gasteiger charge is 2.59.